The number of halogens is 1. The van der Waals surface area contributed by atoms with Gasteiger partial charge in [-0.15, -0.1) is 0 Å². The average molecular weight is 252 g/mol. The first-order chi connectivity index (χ1) is 8.22. The molecule has 0 saturated carbocycles. The van der Waals surface area contributed by atoms with Crippen LogP contribution in [0.15, 0.2) is 12.5 Å². The Balaban J connectivity index is 2.14. The zero-order valence-electron chi connectivity index (χ0n) is 9.79. The number of nitrogens with one attached hydrogen (secondary N) is 2. The third-order valence-corrected chi connectivity index (χ3v) is 2.95. The first kappa shape index (κ1) is 11.9. The molecule has 2 aromatic heterocycles. The fraction of sp³-hybridized carbons (Fsp3) is 0.364. The minimum absolute atomic E-state index is 0.508. The van der Waals surface area contributed by atoms with Gasteiger partial charge in [0.05, 0.1) is 6.20 Å². The maximum absolute atomic E-state index is 6.01. The van der Waals surface area contributed by atoms with Crippen LogP contribution in [0.5, 0.6) is 0 Å². The van der Waals surface area contributed by atoms with Crippen molar-refractivity contribution in [3.8, 4) is 0 Å². The molecule has 0 fully saturated rings. The number of anilines is 1. The van der Waals surface area contributed by atoms with E-state index in [1.54, 1.807) is 6.20 Å². The van der Waals surface area contributed by atoms with Crippen LogP contribution in [0.4, 0.5) is 5.82 Å². The first-order valence-electron chi connectivity index (χ1n) is 5.44. The quantitative estimate of drug-likeness (QED) is 0.819. The Morgan fingerprint density at radius 3 is 2.88 bits per heavy atom. The summed E-state index contributed by atoms with van der Waals surface area (Å²) in [6, 6.07) is 0. The molecule has 0 spiro atoms. The predicted molar refractivity (Wildman–Crippen MR) is 67.1 cm³/mol. The highest BCUT2D eigenvalue weighted by Crippen LogP contribution is 2.20. The molecular weight excluding hydrogens is 238 g/mol. The normalized spacial score (nSPS) is 10.5. The molecule has 0 aromatic carbocycles. The summed E-state index contributed by atoms with van der Waals surface area (Å²) < 4.78 is 0. The van der Waals surface area contributed by atoms with Crippen LogP contribution in [0.25, 0.3) is 0 Å². The molecule has 90 valence electrons. The molecule has 0 aliphatic carbocycles. The second-order valence-corrected chi connectivity index (χ2v) is 4.08. The van der Waals surface area contributed by atoms with Gasteiger partial charge in [0, 0.05) is 23.4 Å². The van der Waals surface area contributed by atoms with Gasteiger partial charge in [0.15, 0.2) is 0 Å². The molecule has 0 aliphatic heterocycles. The third-order valence-electron chi connectivity index (χ3n) is 2.63. The van der Waals surface area contributed by atoms with Gasteiger partial charge in [-0.2, -0.15) is 5.10 Å². The smallest absolute Gasteiger partial charge is 0.137 e. The largest absolute Gasteiger partial charge is 0.365 e. The second-order valence-electron chi connectivity index (χ2n) is 3.72. The van der Waals surface area contributed by atoms with Gasteiger partial charge in [0.1, 0.15) is 17.3 Å². The van der Waals surface area contributed by atoms with Gasteiger partial charge in [0.2, 0.25) is 0 Å². The number of aromatic amines is 1. The SMILES string of the molecule is CCc1c(Cl)ncnc1NCc1cn[nH]c1C. The highest BCUT2D eigenvalue weighted by atomic mass is 35.5. The molecule has 6 heteroatoms. The summed E-state index contributed by atoms with van der Waals surface area (Å²) in [5, 5.41) is 10.6. The molecule has 0 saturated heterocycles. The highest BCUT2D eigenvalue weighted by Gasteiger charge is 2.08. The molecular formula is C11H14ClN5. The summed E-state index contributed by atoms with van der Waals surface area (Å²) >= 11 is 6.01. The maximum Gasteiger partial charge on any atom is 0.137 e. The van der Waals surface area contributed by atoms with Crippen molar-refractivity contribution in [1.82, 2.24) is 20.2 Å². The Kier molecular flexibility index (Phi) is 3.58. The van der Waals surface area contributed by atoms with Crippen LogP contribution < -0.4 is 5.32 Å². The fourth-order valence-electron chi connectivity index (χ4n) is 1.59. The Morgan fingerprint density at radius 2 is 2.24 bits per heavy atom. The van der Waals surface area contributed by atoms with E-state index in [0.717, 1.165) is 29.1 Å². The maximum atomic E-state index is 6.01. The molecule has 2 heterocycles. The molecule has 0 radical (unpaired) electrons. The predicted octanol–water partition coefficient (Wildman–Crippen LogP) is 2.34. The summed E-state index contributed by atoms with van der Waals surface area (Å²) in [7, 11) is 0. The zero-order chi connectivity index (χ0) is 12.3. The van der Waals surface area contributed by atoms with E-state index >= 15 is 0 Å². The molecule has 0 aliphatic rings. The van der Waals surface area contributed by atoms with Crippen LogP contribution in [-0.4, -0.2) is 20.2 Å². The number of rotatable bonds is 4. The van der Waals surface area contributed by atoms with E-state index in [4.69, 9.17) is 11.6 Å². The van der Waals surface area contributed by atoms with Crippen LogP contribution >= 0.6 is 11.6 Å². The summed E-state index contributed by atoms with van der Waals surface area (Å²) in [5.41, 5.74) is 3.10. The van der Waals surface area contributed by atoms with Crippen LogP contribution in [0.2, 0.25) is 5.15 Å². The first-order valence-corrected chi connectivity index (χ1v) is 5.82. The van der Waals surface area contributed by atoms with Crippen molar-refractivity contribution >= 4 is 17.4 Å². The number of aryl methyl sites for hydroxylation is 1. The van der Waals surface area contributed by atoms with Crippen molar-refractivity contribution in [3.63, 3.8) is 0 Å². The Bertz CT molecular complexity index is 508. The molecule has 0 unspecified atom stereocenters. The van der Waals surface area contributed by atoms with Gasteiger partial charge in [0.25, 0.3) is 0 Å². The van der Waals surface area contributed by atoms with Gasteiger partial charge in [-0.3, -0.25) is 5.10 Å². The summed E-state index contributed by atoms with van der Waals surface area (Å²) in [5.74, 6) is 0.785. The molecule has 2 rings (SSSR count). The van der Waals surface area contributed by atoms with Crippen LogP contribution in [0.3, 0.4) is 0 Å². The van der Waals surface area contributed by atoms with E-state index in [-0.39, 0.29) is 0 Å². The molecule has 0 atom stereocenters. The van der Waals surface area contributed by atoms with E-state index in [2.05, 4.69) is 25.5 Å². The number of nitrogens with zero attached hydrogens (tertiary/aromatic N) is 3. The monoisotopic (exact) mass is 251 g/mol. The lowest BCUT2D eigenvalue weighted by Gasteiger charge is -2.09. The minimum atomic E-state index is 0.508. The number of hydrogen-bond donors (Lipinski definition) is 2. The van der Waals surface area contributed by atoms with E-state index in [9.17, 15) is 0 Å². The van der Waals surface area contributed by atoms with Gasteiger partial charge in [-0.1, -0.05) is 18.5 Å². The molecule has 5 nitrogen and oxygen atoms in total. The number of hydrogen-bond acceptors (Lipinski definition) is 4. The fourth-order valence-corrected chi connectivity index (χ4v) is 1.86. The van der Waals surface area contributed by atoms with Crippen LogP contribution in [0, 0.1) is 6.92 Å². The van der Waals surface area contributed by atoms with Gasteiger partial charge in [-0.05, 0) is 13.3 Å². The van der Waals surface area contributed by atoms with E-state index < -0.39 is 0 Å². The summed E-state index contributed by atoms with van der Waals surface area (Å²) in [6.45, 7) is 4.68. The van der Waals surface area contributed by atoms with Crippen LogP contribution in [0.1, 0.15) is 23.7 Å². The zero-order valence-corrected chi connectivity index (χ0v) is 10.5. The number of aromatic nitrogens is 4. The van der Waals surface area contributed by atoms with Gasteiger partial charge in [-0.25, -0.2) is 9.97 Å². The van der Waals surface area contributed by atoms with E-state index in [0.29, 0.717) is 11.7 Å². The molecule has 0 bridgehead atoms. The Labute approximate surface area is 105 Å². The van der Waals surface area contributed by atoms with Crippen molar-refractivity contribution in [1.29, 1.82) is 0 Å². The van der Waals surface area contributed by atoms with E-state index in [1.165, 1.54) is 6.33 Å². The van der Waals surface area contributed by atoms with Gasteiger partial charge >= 0.3 is 0 Å². The van der Waals surface area contributed by atoms with Crippen molar-refractivity contribution in [2.45, 2.75) is 26.8 Å². The molecule has 17 heavy (non-hydrogen) atoms. The van der Waals surface area contributed by atoms with Crippen LogP contribution in [-0.2, 0) is 13.0 Å². The highest BCUT2D eigenvalue weighted by molar-refractivity contribution is 6.30. The minimum Gasteiger partial charge on any atom is -0.365 e. The Morgan fingerprint density at radius 1 is 1.41 bits per heavy atom. The third kappa shape index (κ3) is 2.55. The van der Waals surface area contributed by atoms with Crippen molar-refractivity contribution in [2.24, 2.45) is 0 Å². The molecule has 2 N–H and O–H groups in total. The number of H-pyrrole nitrogens is 1. The summed E-state index contributed by atoms with van der Waals surface area (Å²) in [4.78, 5) is 8.17. The van der Waals surface area contributed by atoms with Crippen molar-refractivity contribution in [2.75, 3.05) is 5.32 Å². The summed E-state index contributed by atoms with van der Waals surface area (Å²) in [6.07, 6.45) is 4.06. The van der Waals surface area contributed by atoms with E-state index in [1.807, 2.05) is 13.8 Å². The Hall–Kier alpha value is -1.62. The average Bonchev–Trinajstić information content (AvgIpc) is 2.72. The lowest BCUT2D eigenvalue weighted by molar-refractivity contribution is 1.00. The molecule has 2 aromatic rings. The van der Waals surface area contributed by atoms with Crippen molar-refractivity contribution in [3.05, 3.63) is 34.5 Å². The lowest BCUT2D eigenvalue weighted by atomic mass is 10.2. The second kappa shape index (κ2) is 5.14. The van der Waals surface area contributed by atoms with Crippen molar-refractivity contribution < 1.29 is 0 Å². The van der Waals surface area contributed by atoms with Gasteiger partial charge < -0.3 is 5.32 Å². The standard InChI is InChI=1S/C11H14ClN5/c1-3-9-10(12)14-6-15-11(9)13-4-8-5-16-17-7(8)2/h5-6H,3-4H2,1-2H3,(H,16,17)(H,13,14,15). The lowest BCUT2D eigenvalue weighted by Crippen LogP contribution is -2.05. The molecule has 0 amide bonds. The topological polar surface area (TPSA) is 66.5 Å².